The van der Waals surface area contributed by atoms with Crippen LogP contribution in [0.1, 0.15) is 20.9 Å². The Morgan fingerprint density at radius 2 is 1.16 bits per heavy atom. The molecular weight excluding hydrogens is 629 g/mol. The van der Waals surface area contributed by atoms with E-state index in [0.29, 0.717) is 33.7 Å². The summed E-state index contributed by atoms with van der Waals surface area (Å²) in [6.45, 7) is 4.12. The molecule has 6 nitrogen and oxygen atoms in total. The number of nitrogens with one attached hydrogen (secondary N) is 2. The maximum atomic E-state index is 9.87. The third-order valence-electron chi connectivity index (χ3n) is 6.62. The fraction of sp³-hybridized carbons (Fsp3) is 0.0625. The molecule has 0 unspecified atom stereocenters. The van der Waals surface area contributed by atoms with Crippen LogP contribution in [0.5, 0.6) is 0 Å². The van der Waals surface area contributed by atoms with Crippen LogP contribution < -0.4 is 0 Å². The number of nitriles is 2. The van der Waals surface area contributed by atoms with Crippen molar-refractivity contribution in [3.05, 3.63) is 104 Å². The molecule has 0 saturated heterocycles. The average molecular weight is 651 g/mol. The van der Waals surface area contributed by atoms with Crippen LogP contribution in [-0.2, 0) is 0 Å². The highest BCUT2D eigenvalue weighted by Crippen LogP contribution is 2.44. The molecule has 11 heteroatoms. The predicted molar refractivity (Wildman–Crippen MR) is 190 cm³/mol. The minimum Gasteiger partial charge on any atom is -0.298 e. The van der Waals surface area contributed by atoms with Gasteiger partial charge in [-0.15, -0.1) is 34.0 Å². The summed E-state index contributed by atoms with van der Waals surface area (Å²) >= 11 is 12.8. The van der Waals surface area contributed by atoms with Crippen molar-refractivity contribution in [2.24, 2.45) is 8.80 Å². The summed E-state index contributed by atoms with van der Waals surface area (Å²) in [4.78, 5) is 6.37. The van der Waals surface area contributed by atoms with Crippen molar-refractivity contribution in [3.8, 4) is 31.6 Å². The molecule has 3 aromatic heterocycles. The van der Waals surface area contributed by atoms with Crippen molar-refractivity contribution in [2.75, 3.05) is 0 Å². The van der Waals surface area contributed by atoms with Crippen molar-refractivity contribution in [1.29, 1.82) is 21.3 Å². The van der Waals surface area contributed by atoms with Gasteiger partial charge in [-0.3, -0.25) is 10.8 Å². The molecule has 3 aromatic rings. The molecule has 2 N–H and O–H groups in total. The van der Waals surface area contributed by atoms with Gasteiger partial charge >= 0.3 is 0 Å². The van der Waals surface area contributed by atoms with Gasteiger partial charge in [-0.05, 0) is 99.2 Å². The van der Waals surface area contributed by atoms with E-state index in [0.717, 1.165) is 40.4 Å². The number of thiol groups is 2. The van der Waals surface area contributed by atoms with Gasteiger partial charge in [0.2, 0.25) is 0 Å². The Labute approximate surface area is 272 Å². The van der Waals surface area contributed by atoms with Gasteiger partial charge in [0.1, 0.15) is 0 Å². The zero-order valence-corrected chi connectivity index (χ0v) is 27.1. The number of aryl methyl sites for hydroxylation is 2. The summed E-state index contributed by atoms with van der Waals surface area (Å²) in [5.74, 6) is 0. The lowest BCUT2D eigenvalue weighted by Crippen LogP contribution is -2.16. The van der Waals surface area contributed by atoms with E-state index in [1.165, 1.54) is 0 Å². The Kier molecular flexibility index (Phi) is 9.21. The molecule has 43 heavy (non-hydrogen) atoms. The van der Waals surface area contributed by atoms with Crippen LogP contribution in [0.15, 0.2) is 91.8 Å². The van der Waals surface area contributed by atoms with E-state index in [-0.39, 0.29) is 11.4 Å². The Morgan fingerprint density at radius 3 is 1.53 bits per heavy atom. The van der Waals surface area contributed by atoms with E-state index in [1.807, 2.05) is 12.2 Å². The zero-order valence-electron chi connectivity index (χ0n) is 22.8. The lowest BCUT2D eigenvalue weighted by molar-refractivity contribution is 1.45. The van der Waals surface area contributed by atoms with E-state index in [1.54, 1.807) is 70.5 Å². The quantitative estimate of drug-likeness (QED) is 0.121. The highest BCUT2D eigenvalue weighted by molar-refractivity contribution is 7.79. The molecule has 0 amide bonds. The first-order valence-corrected chi connectivity index (χ1v) is 16.0. The number of nitrogens with zero attached hydrogens (tertiary/aromatic N) is 4. The second kappa shape index (κ2) is 13.0. The molecule has 0 aliphatic heterocycles. The van der Waals surface area contributed by atoms with E-state index in [2.05, 4.69) is 84.7 Å². The topological polar surface area (TPSA) is 120 Å². The normalized spacial score (nSPS) is 17.3. The lowest BCUT2D eigenvalue weighted by Gasteiger charge is -2.10. The van der Waals surface area contributed by atoms with Gasteiger partial charge in [0, 0.05) is 40.4 Å². The van der Waals surface area contributed by atoms with Crippen molar-refractivity contribution >= 4 is 94.6 Å². The Hall–Kier alpha value is -4.10. The first kappa shape index (κ1) is 30.4. The number of hydrogen-bond acceptors (Lipinski definition) is 11. The van der Waals surface area contributed by atoms with Crippen molar-refractivity contribution in [2.45, 2.75) is 13.8 Å². The molecule has 5 rings (SSSR count). The standard InChI is InChI=1S/C32H22N6S5/c1-17-11-21(13-19(15-33)23-5-3-7-25(37-39)29(23)35)41-31(17)27-9-10-28(43-27)32-18(2)12-22(42-32)14-20(16-34)24-6-4-8-26(38-40)30(24)36/h3-14,35-36,39-40H,1-2H3/b19-13+,20-14+,35-29?,36-30?,37-25?,38-26?. The highest BCUT2D eigenvalue weighted by atomic mass is 32.1. The molecule has 0 spiro atoms. The maximum absolute atomic E-state index is 9.87. The monoisotopic (exact) mass is 650 g/mol. The van der Waals surface area contributed by atoms with Gasteiger partial charge in [-0.2, -0.15) is 10.5 Å². The molecule has 2 aliphatic rings. The van der Waals surface area contributed by atoms with Gasteiger partial charge in [0.15, 0.2) is 0 Å². The van der Waals surface area contributed by atoms with Crippen LogP contribution >= 0.6 is 59.6 Å². The zero-order chi connectivity index (χ0) is 30.7. The first-order valence-electron chi connectivity index (χ1n) is 12.7. The van der Waals surface area contributed by atoms with Crippen molar-refractivity contribution in [3.63, 3.8) is 0 Å². The van der Waals surface area contributed by atoms with Crippen LogP contribution in [0.4, 0.5) is 0 Å². The summed E-state index contributed by atoms with van der Waals surface area (Å²) in [5, 5.41) is 36.5. The van der Waals surface area contributed by atoms with E-state index >= 15 is 0 Å². The molecule has 0 aromatic carbocycles. The van der Waals surface area contributed by atoms with Gasteiger partial charge < -0.3 is 0 Å². The summed E-state index contributed by atoms with van der Waals surface area (Å²) in [5.41, 5.74) is 5.24. The predicted octanol–water partition coefficient (Wildman–Crippen LogP) is 9.24. The third-order valence-corrected chi connectivity index (χ3v) is 10.9. The number of rotatable bonds is 6. The molecule has 0 fully saturated rings. The van der Waals surface area contributed by atoms with Gasteiger partial charge in [-0.1, -0.05) is 24.3 Å². The average Bonchev–Trinajstić information content (AvgIpc) is 3.73. The fourth-order valence-electron chi connectivity index (χ4n) is 4.55. The first-order chi connectivity index (χ1) is 20.8. The maximum Gasteiger partial charge on any atom is 0.0999 e. The SMILES string of the molecule is Cc1cc(/C=C(\C#N)C2=CC=CC(=NS)C2=N)sc1-c1ccc(-c2sc(/C=C(\C#N)C3=CC=CC(=NS)C3=N)cc2C)s1. The summed E-state index contributed by atoms with van der Waals surface area (Å²) < 4.78 is 7.67. The highest BCUT2D eigenvalue weighted by Gasteiger charge is 2.20. The lowest BCUT2D eigenvalue weighted by atomic mass is 9.94. The van der Waals surface area contributed by atoms with E-state index in [9.17, 15) is 10.5 Å². The van der Waals surface area contributed by atoms with Gasteiger partial charge in [-0.25, -0.2) is 8.80 Å². The molecule has 0 saturated carbocycles. The minimum atomic E-state index is 0.172. The fourth-order valence-corrected chi connectivity index (χ4v) is 8.47. The van der Waals surface area contributed by atoms with Gasteiger partial charge in [0.25, 0.3) is 0 Å². The van der Waals surface area contributed by atoms with Crippen LogP contribution in [0, 0.1) is 47.3 Å². The number of allylic oxidation sites excluding steroid dienone is 10. The smallest absolute Gasteiger partial charge is 0.0999 e. The van der Waals surface area contributed by atoms with Crippen molar-refractivity contribution < 1.29 is 0 Å². The summed E-state index contributed by atoms with van der Waals surface area (Å²) in [6, 6.07) is 12.8. The third kappa shape index (κ3) is 6.18. The number of hydrogen-bond donors (Lipinski definition) is 4. The molecule has 0 atom stereocenters. The van der Waals surface area contributed by atoms with E-state index in [4.69, 9.17) is 10.8 Å². The minimum absolute atomic E-state index is 0.172. The second-order valence-corrected chi connectivity index (χ2v) is 13.1. The van der Waals surface area contributed by atoms with E-state index < -0.39 is 0 Å². The Morgan fingerprint density at radius 1 is 0.744 bits per heavy atom. The van der Waals surface area contributed by atoms with Crippen LogP contribution in [0.25, 0.3) is 31.7 Å². The second-order valence-electron chi connectivity index (χ2n) is 9.42. The molecule has 2 aliphatic carbocycles. The molecule has 0 bridgehead atoms. The molecule has 210 valence electrons. The molecule has 0 radical (unpaired) electrons. The largest absolute Gasteiger partial charge is 0.298 e. The number of thiophene rings is 3. The molecule has 3 heterocycles. The summed E-state index contributed by atoms with van der Waals surface area (Å²) in [6.07, 6.45) is 14.1. The van der Waals surface area contributed by atoms with Crippen LogP contribution in [-0.4, -0.2) is 22.8 Å². The molecular formula is C32H22N6S5. The van der Waals surface area contributed by atoms with Crippen molar-refractivity contribution in [1.82, 2.24) is 0 Å². The Balaban J connectivity index is 1.42. The summed E-state index contributed by atoms with van der Waals surface area (Å²) in [7, 11) is 0. The van der Waals surface area contributed by atoms with Crippen LogP contribution in [0.2, 0.25) is 0 Å². The Bertz CT molecular complexity index is 1880. The van der Waals surface area contributed by atoms with Gasteiger partial charge in [0.05, 0.1) is 46.1 Å². The van der Waals surface area contributed by atoms with Crippen LogP contribution in [0.3, 0.4) is 0 Å².